The summed E-state index contributed by atoms with van der Waals surface area (Å²) >= 11 is 0. The van der Waals surface area contributed by atoms with E-state index in [-0.39, 0.29) is 35.4 Å². The molecule has 0 unspecified atom stereocenters. The Labute approximate surface area is 278 Å². The lowest BCUT2D eigenvalue weighted by Crippen LogP contribution is -2.29. The highest BCUT2D eigenvalue weighted by atomic mass is 16.2. The van der Waals surface area contributed by atoms with Crippen molar-refractivity contribution in [2.45, 2.75) is 55.4 Å². The standard InChI is InChI=1S/3C10H7NO2.4C2H6/c3*12-9-6-7-10(13)11(9)8-4-2-1-3-5-8;4*1-2/h3*1-7H;4*1-2H3. The molecule has 47 heavy (non-hydrogen) atoms. The van der Waals surface area contributed by atoms with Crippen LogP contribution in [0.2, 0.25) is 0 Å². The Morgan fingerprint density at radius 2 is 0.426 bits per heavy atom. The minimum absolute atomic E-state index is 0.281. The molecule has 0 aromatic heterocycles. The molecule has 9 heteroatoms. The van der Waals surface area contributed by atoms with Gasteiger partial charge in [0.2, 0.25) is 0 Å². The van der Waals surface area contributed by atoms with Crippen molar-refractivity contribution in [1.29, 1.82) is 0 Å². The lowest BCUT2D eigenvalue weighted by atomic mass is 10.3. The van der Waals surface area contributed by atoms with Gasteiger partial charge in [-0.25, -0.2) is 14.7 Å². The Kier molecular flexibility index (Phi) is 20.8. The number of anilines is 3. The van der Waals surface area contributed by atoms with E-state index in [0.29, 0.717) is 17.1 Å². The van der Waals surface area contributed by atoms with Crippen LogP contribution in [-0.4, -0.2) is 35.4 Å². The second-order valence-electron chi connectivity index (χ2n) is 8.04. The van der Waals surface area contributed by atoms with E-state index in [4.69, 9.17) is 0 Å². The second kappa shape index (κ2) is 23.7. The number of hydrogen-bond acceptors (Lipinski definition) is 6. The molecule has 3 aromatic rings. The summed E-state index contributed by atoms with van der Waals surface area (Å²) in [6, 6.07) is 26.6. The number of hydrogen-bond donors (Lipinski definition) is 0. The van der Waals surface area contributed by atoms with Gasteiger partial charge in [0, 0.05) is 36.5 Å². The summed E-state index contributed by atoms with van der Waals surface area (Å²) in [5.41, 5.74) is 1.84. The van der Waals surface area contributed by atoms with Crippen LogP contribution < -0.4 is 14.7 Å². The molecule has 0 saturated heterocycles. The minimum atomic E-state index is -0.281. The van der Waals surface area contributed by atoms with E-state index < -0.39 is 0 Å². The zero-order chi connectivity index (χ0) is 35.8. The van der Waals surface area contributed by atoms with Gasteiger partial charge in [-0.2, -0.15) is 0 Å². The van der Waals surface area contributed by atoms with Gasteiger partial charge in [0.1, 0.15) is 0 Å². The number of para-hydroxylation sites is 3. The van der Waals surface area contributed by atoms with Crippen LogP contribution >= 0.6 is 0 Å². The maximum Gasteiger partial charge on any atom is 0.258 e. The Morgan fingerprint density at radius 3 is 0.574 bits per heavy atom. The van der Waals surface area contributed by atoms with Gasteiger partial charge >= 0.3 is 0 Å². The molecule has 0 N–H and O–H groups in total. The van der Waals surface area contributed by atoms with Crippen molar-refractivity contribution in [1.82, 2.24) is 0 Å². The van der Waals surface area contributed by atoms with Gasteiger partial charge in [-0.1, -0.05) is 110 Å². The summed E-state index contributed by atoms with van der Waals surface area (Å²) in [6.45, 7) is 16.0. The summed E-state index contributed by atoms with van der Waals surface area (Å²) in [5.74, 6) is -1.69. The first-order valence-electron chi connectivity index (χ1n) is 15.7. The van der Waals surface area contributed by atoms with E-state index in [1.807, 2.05) is 73.6 Å². The molecule has 248 valence electrons. The van der Waals surface area contributed by atoms with Crippen LogP contribution in [-0.2, 0) is 28.8 Å². The van der Waals surface area contributed by atoms with Crippen LogP contribution in [0.4, 0.5) is 17.1 Å². The van der Waals surface area contributed by atoms with Crippen molar-refractivity contribution >= 4 is 52.5 Å². The monoisotopic (exact) mass is 639 g/mol. The van der Waals surface area contributed by atoms with Crippen molar-refractivity contribution < 1.29 is 28.8 Å². The van der Waals surface area contributed by atoms with Gasteiger partial charge in [0.05, 0.1) is 17.1 Å². The number of rotatable bonds is 3. The van der Waals surface area contributed by atoms with Gasteiger partial charge in [-0.05, 0) is 36.4 Å². The van der Waals surface area contributed by atoms with Crippen molar-refractivity contribution in [3.05, 3.63) is 127 Å². The molecule has 6 amide bonds. The summed E-state index contributed by atoms with van der Waals surface area (Å²) in [4.78, 5) is 70.6. The summed E-state index contributed by atoms with van der Waals surface area (Å²) < 4.78 is 0. The molecule has 3 heterocycles. The summed E-state index contributed by atoms with van der Waals surface area (Å²) in [6.07, 6.45) is 7.64. The number of imide groups is 3. The fraction of sp³-hybridized carbons (Fsp3) is 0.211. The Bertz CT molecular complexity index is 1280. The van der Waals surface area contributed by atoms with E-state index in [9.17, 15) is 28.8 Å². The van der Waals surface area contributed by atoms with E-state index in [1.165, 1.54) is 36.5 Å². The normalized spacial score (nSPS) is 13.4. The Balaban J connectivity index is 0.000000609. The zero-order valence-electron chi connectivity index (χ0n) is 28.4. The fourth-order valence-corrected chi connectivity index (χ4v) is 3.70. The molecule has 0 radical (unpaired) electrons. The van der Waals surface area contributed by atoms with Crippen LogP contribution in [0.3, 0.4) is 0 Å². The maximum atomic E-state index is 11.2. The molecule has 0 saturated carbocycles. The van der Waals surface area contributed by atoms with Crippen LogP contribution in [0.25, 0.3) is 0 Å². The first kappa shape index (κ1) is 41.3. The molecule has 3 aromatic carbocycles. The van der Waals surface area contributed by atoms with E-state index in [1.54, 1.807) is 72.8 Å². The first-order valence-corrected chi connectivity index (χ1v) is 15.7. The van der Waals surface area contributed by atoms with Crippen LogP contribution in [0.5, 0.6) is 0 Å². The third-order valence-electron chi connectivity index (χ3n) is 5.47. The van der Waals surface area contributed by atoms with Gasteiger partial charge in [0.25, 0.3) is 35.4 Å². The zero-order valence-corrected chi connectivity index (χ0v) is 28.4. The lowest BCUT2D eigenvalue weighted by Gasteiger charge is -2.12. The van der Waals surface area contributed by atoms with E-state index in [0.717, 1.165) is 14.7 Å². The highest BCUT2D eigenvalue weighted by Crippen LogP contribution is 2.19. The molecule has 0 aliphatic carbocycles. The molecule has 0 atom stereocenters. The van der Waals surface area contributed by atoms with Crippen molar-refractivity contribution in [3.63, 3.8) is 0 Å². The number of carbonyl (C=O) groups excluding carboxylic acids is 6. The Morgan fingerprint density at radius 1 is 0.277 bits per heavy atom. The molecule has 0 bridgehead atoms. The average Bonchev–Trinajstić information content (AvgIpc) is 3.79. The first-order chi connectivity index (χ1) is 22.9. The van der Waals surface area contributed by atoms with Gasteiger partial charge in [-0.3, -0.25) is 28.8 Å². The van der Waals surface area contributed by atoms with Gasteiger partial charge < -0.3 is 0 Å². The molecular weight excluding hydrogens is 594 g/mol. The predicted octanol–water partition coefficient (Wildman–Crippen LogP) is 7.45. The second-order valence-corrected chi connectivity index (χ2v) is 8.04. The number of carbonyl (C=O) groups is 6. The molecule has 3 aliphatic heterocycles. The molecule has 6 rings (SSSR count). The van der Waals surface area contributed by atoms with Crippen molar-refractivity contribution in [2.75, 3.05) is 14.7 Å². The Hall–Kier alpha value is -5.70. The average molecular weight is 640 g/mol. The SMILES string of the molecule is CC.CC.CC.CC.O=C1C=CC(=O)N1c1ccccc1.O=C1C=CC(=O)N1c1ccccc1.O=C1C=CC(=O)N1c1ccccc1. The highest BCUT2D eigenvalue weighted by Gasteiger charge is 2.26. The molecule has 0 fully saturated rings. The topological polar surface area (TPSA) is 112 Å². The summed E-state index contributed by atoms with van der Waals surface area (Å²) in [7, 11) is 0. The van der Waals surface area contributed by atoms with E-state index in [2.05, 4.69) is 0 Å². The molecule has 9 nitrogen and oxygen atoms in total. The third-order valence-corrected chi connectivity index (χ3v) is 5.47. The number of amides is 6. The van der Waals surface area contributed by atoms with Gasteiger partial charge in [0.15, 0.2) is 0 Å². The predicted molar refractivity (Wildman–Crippen MR) is 190 cm³/mol. The van der Waals surface area contributed by atoms with E-state index >= 15 is 0 Å². The van der Waals surface area contributed by atoms with Gasteiger partial charge in [-0.15, -0.1) is 0 Å². The highest BCUT2D eigenvalue weighted by molar-refractivity contribution is 6.29. The molecular formula is C38H45N3O6. The quantitative estimate of drug-likeness (QED) is 0.275. The van der Waals surface area contributed by atoms with Crippen LogP contribution in [0, 0.1) is 0 Å². The molecule has 0 spiro atoms. The minimum Gasteiger partial charge on any atom is -0.269 e. The molecule has 3 aliphatic rings. The lowest BCUT2D eigenvalue weighted by molar-refractivity contribution is -0.121. The van der Waals surface area contributed by atoms with Crippen LogP contribution in [0.15, 0.2) is 127 Å². The smallest absolute Gasteiger partial charge is 0.258 e. The fourth-order valence-electron chi connectivity index (χ4n) is 3.70. The summed E-state index contributed by atoms with van der Waals surface area (Å²) in [5, 5.41) is 0. The third kappa shape index (κ3) is 12.3. The van der Waals surface area contributed by atoms with Crippen LogP contribution in [0.1, 0.15) is 55.4 Å². The van der Waals surface area contributed by atoms with Crippen molar-refractivity contribution in [3.8, 4) is 0 Å². The number of benzene rings is 3. The maximum absolute atomic E-state index is 11.2. The number of nitrogens with zero attached hydrogens (tertiary/aromatic N) is 3. The largest absolute Gasteiger partial charge is 0.269 e. The van der Waals surface area contributed by atoms with Crippen molar-refractivity contribution in [2.24, 2.45) is 0 Å².